The average Bonchev–Trinajstić information content (AvgIpc) is 3.75. The van der Waals surface area contributed by atoms with E-state index in [0.717, 1.165) is 23.0 Å². The quantitative estimate of drug-likeness (QED) is 0.0917. The van der Waals surface area contributed by atoms with Crippen LogP contribution < -0.4 is 56.7 Å². The van der Waals surface area contributed by atoms with Crippen molar-refractivity contribution >= 4 is 1110 Å². The maximum absolute atomic E-state index is 13.9. The Balaban J connectivity index is -0.0000000457. The van der Waals surface area contributed by atoms with E-state index in [9.17, 15) is 19.3 Å². The molecule has 0 fully saturated rings. The molecule has 198 valence electrons. The van der Waals surface area contributed by atoms with E-state index >= 15 is 0 Å². The second kappa shape index (κ2) is 153. The van der Waals surface area contributed by atoms with Crippen LogP contribution in [-0.4, -0.2) is 1110 Å². The first-order chi connectivity index (χ1) is 32.3. The van der Waals surface area contributed by atoms with Crippen molar-refractivity contribution in [3.63, 3.8) is 0 Å². The molecule has 0 radical (unpaired) electrons. The van der Waals surface area contributed by atoms with Crippen LogP contribution in [0, 0.1) is 22.9 Å². The fourth-order valence-corrected chi connectivity index (χ4v) is 3.60. The summed E-state index contributed by atoms with van der Waals surface area (Å²) in [6.07, 6.45) is 1.50. The topological polar surface area (TPSA) is 112 Å². The van der Waals surface area contributed by atoms with E-state index in [0.29, 0.717) is 28.2 Å². The van der Waals surface area contributed by atoms with Gasteiger partial charge in [-0.2, -0.15) is 4.39 Å². The third-order valence-electron chi connectivity index (χ3n) is 5.13. The van der Waals surface area contributed by atoms with Crippen LogP contribution in [0.25, 0.3) is 22.2 Å². The first-order valence-corrected chi connectivity index (χ1v) is 299. The van der Waals surface area contributed by atoms with E-state index in [2.05, 4.69) is 15.3 Å². The number of benzene rings is 2. The Morgan fingerprint density at radius 2 is 1.01 bits per heavy atom. The standard InChI is InChI=1S/C22H18FN5O4.35K.H/c1-12-10-14(23)18(28(30)31)11-16(12)26-22-24-9-8-15(25-22)19-13-6-4-5-7-17(13)27(2)20(19)21(29)32-3;;;;;;;;;;;;;;;;;;;;;;;;;;;;;;;;;;;;/h4-11H,1-3H3,(H,24,25,26);;;;;;;;;;;;;;;;;;;;;;;;;;;;;;;;;;;;/q;;;;;;;;;;;;;;;;;;;;;;;;;;;;;;;;;;;+1;-1. The Labute approximate surface area is 1220 Å². The predicted molar refractivity (Wildman–Crippen MR) is 313 cm³/mol. The van der Waals surface area contributed by atoms with Gasteiger partial charge in [-0.3, -0.25) is 10.1 Å². The van der Waals surface area contributed by atoms with Crippen LogP contribution in [0.2, 0.25) is 0 Å². The summed E-state index contributed by atoms with van der Waals surface area (Å²) in [4.78, 5) is 31.5. The Hall–Kier alpha value is 52.9. The van der Waals surface area contributed by atoms with Gasteiger partial charge in [-0.15, -0.1) is 0 Å². The van der Waals surface area contributed by atoms with Gasteiger partial charge in [0.05, 0.1) is 23.4 Å². The summed E-state index contributed by atoms with van der Waals surface area (Å²) in [6, 6.07) is 11.3. The number of ether oxygens (including phenoxy) is 1. The number of carbonyl (C=O) groups excluding carboxylic acids is 1. The molecule has 2 aromatic carbocycles. The van der Waals surface area contributed by atoms with Gasteiger partial charge >= 0.3 is 1140 Å². The molecule has 0 aliphatic heterocycles. The molecular weight excluding hydrogens is 1790 g/mol. The number of esters is 1. The van der Waals surface area contributed by atoms with Gasteiger partial charge in [0.2, 0.25) is 11.8 Å². The van der Waals surface area contributed by atoms with Crippen LogP contribution in [0.1, 0.15) is 17.5 Å². The molecule has 0 saturated carbocycles. The molecule has 9 nitrogen and oxygen atoms in total. The number of methoxy groups -OCH3 is 1. The minimum atomic E-state index is -0.925. The molecule has 0 aliphatic carbocycles. The van der Waals surface area contributed by atoms with Crippen LogP contribution >= 0.6 is 0 Å². The number of nitrogens with one attached hydrogen (secondary N) is 1. The number of rotatable bonds is 5. The van der Waals surface area contributed by atoms with E-state index in [1.165, 1.54) is 1090 Å². The van der Waals surface area contributed by atoms with Crippen LogP contribution in [-0.2, 0) is 11.8 Å². The van der Waals surface area contributed by atoms with Crippen LogP contribution in [0.4, 0.5) is 21.7 Å². The third-order valence-corrected chi connectivity index (χ3v) is 5.13. The zero-order chi connectivity index (χ0) is 57.0. The molecule has 0 unspecified atom stereocenters. The molecule has 2 aromatic heterocycles. The molecule has 2 heterocycles. The Bertz CT molecular complexity index is 1460. The Morgan fingerprint density at radius 1 is 0.657 bits per heavy atom. The second-order valence-electron chi connectivity index (χ2n) is 7.06. The molecule has 0 bridgehead atoms. The summed E-state index contributed by atoms with van der Waals surface area (Å²) < 4.78 is 20.6. The third kappa shape index (κ3) is 106. The number of halogens is 1. The summed E-state index contributed by atoms with van der Waals surface area (Å²) in [7, 11) is 3.07. The van der Waals surface area contributed by atoms with E-state index in [4.69, 9.17) is 4.74 Å². The molecule has 0 spiro atoms. The molecule has 0 aliphatic rings. The number of para-hydroxylation sites is 1. The second-order valence-corrected chi connectivity index (χ2v) is 7.06. The van der Waals surface area contributed by atoms with E-state index in [1.54, 1.807) is 24.6 Å². The van der Waals surface area contributed by atoms with Gasteiger partial charge in [-0.1, -0.05) is 18.2 Å². The zero-order valence-electron chi connectivity index (χ0n) is 53.4. The number of hydrogen-bond acceptors (Lipinski definition) is 7. The van der Waals surface area contributed by atoms with E-state index in [-0.39, 0.29) is 58.8 Å². The van der Waals surface area contributed by atoms with Gasteiger partial charge < -0.3 is 16.0 Å². The maximum atomic E-state index is 13.9. The number of fused-ring (bicyclic) bond motifs is 1. The molecule has 4 aromatic rings. The number of aryl methyl sites for hydroxylation is 2. The number of aromatic nitrogens is 3. The van der Waals surface area contributed by atoms with Gasteiger partial charge in [0.15, 0.2) is 0 Å². The fraction of sp³-hybridized carbons (Fsp3) is 0.136. The van der Waals surface area contributed by atoms with Gasteiger partial charge in [-0.05, 0) is 30.7 Å². The minimum absolute atomic E-state index is 0. The first kappa shape index (κ1) is 154. The molecule has 45 heteroatoms. The summed E-state index contributed by atoms with van der Waals surface area (Å²) in [5.41, 5.74) is 2.25. The van der Waals surface area contributed by atoms with Crippen molar-refractivity contribution in [2.45, 2.75) is 6.92 Å². The number of nitrogens with zero attached hydrogens (tertiary/aromatic N) is 4. The van der Waals surface area contributed by atoms with Crippen molar-refractivity contribution in [2.75, 3.05) is 12.4 Å². The van der Waals surface area contributed by atoms with Crippen molar-refractivity contribution in [1.29, 1.82) is 0 Å². The molecule has 67 heavy (non-hydrogen) atoms. The normalized spacial score (nSPS) is 7.22. The summed E-state index contributed by atoms with van der Waals surface area (Å²) in [5.74, 6) is -1.31. The molecule has 0 saturated heterocycles. The molecular formula is C22H19FK35N5O4. The molecule has 0 amide bonds. The van der Waals surface area contributed by atoms with E-state index < -0.39 is 22.4 Å². The zero-order valence-corrected chi connectivity index (χ0v) is 162. The van der Waals surface area contributed by atoms with E-state index in [1.807, 2.05) is 24.3 Å². The van der Waals surface area contributed by atoms with Gasteiger partial charge in [0.25, 0.3) is 0 Å². The molecule has 1 N–H and O–H groups in total. The van der Waals surface area contributed by atoms with Crippen molar-refractivity contribution in [3.8, 4) is 11.3 Å². The Kier molecular flexibility index (Phi) is 352. The van der Waals surface area contributed by atoms with Gasteiger partial charge in [0, 0.05) is 35.8 Å². The summed E-state index contributed by atoms with van der Waals surface area (Å²) in [5, 5.41) is 14.8. The Morgan fingerprint density at radius 3 is 1.36 bits per heavy atom. The van der Waals surface area contributed by atoms with Gasteiger partial charge in [0.1, 0.15) is 5.69 Å². The average molecular weight is 1800 g/mol. The van der Waals surface area contributed by atoms with Crippen molar-refractivity contribution in [2.24, 2.45) is 7.05 Å². The number of nitro groups is 1. The number of nitro benzene ring substituents is 1. The summed E-state index contributed by atoms with van der Waals surface area (Å²) >= 11 is 42.5. The van der Waals surface area contributed by atoms with Crippen molar-refractivity contribution < 1.29 is 71.7 Å². The number of anilines is 2. The summed E-state index contributed by atoms with van der Waals surface area (Å²) in [6.45, 7) is 1.61. The number of hydrogen-bond donors (Lipinski definition) is 1. The first-order valence-electron chi connectivity index (χ1n) is 26.5. The fourth-order valence-electron chi connectivity index (χ4n) is 3.60. The molecule has 0 atom stereocenters. The van der Waals surface area contributed by atoms with Crippen LogP contribution in [0.15, 0.2) is 48.7 Å². The van der Waals surface area contributed by atoms with Crippen LogP contribution in [0.5, 0.6) is 0 Å². The predicted octanol–water partition coefficient (Wildman–Crippen LogP) is -11.3. The van der Waals surface area contributed by atoms with Gasteiger partial charge in [-0.25, -0.2) is 14.8 Å². The SMILES string of the molecule is COC(=O)c1c(-c2ccnc(Nc3cc([N+](=O)[O-])c(F)cc3C)n2)c2ccccc2n1C.[H-].[K+].[K][K].[K][K].[K][K].[K][K].[K][K].[K][K].[K][K].[K][K].[K][K].[K][K].[K][K].[K][K].[K][K].[K][K].[K][K].[K][K].[K][K]. The van der Waals surface area contributed by atoms with Crippen molar-refractivity contribution in [1.82, 2.24) is 14.5 Å². The van der Waals surface area contributed by atoms with Crippen LogP contribution in [0.3, 0.4) is 0 Å². The number of carbonyl (C=O) groups is 1. The van der Waals surface area contributed by atoms with Crippen molar-refractivity contribution in [3.05, 3.63) is 75.9 Å². The monoisotopic (exact) mass is 1800 g/mol. The molecule has 4 rings (SSSR count).